The summed E-state index contributed by atoms with van der Waals surface area (Å²) in [5, 5.41) is 1.51. The van der Waals surface area contributed by atoms with Crippen LogP contribution in [0.1, 0.15) is 0 Å². The fourth-order valence-corrected chi connectivity index (χ4v) is 1.92. The van der Waals surface area contributed by atoms with Crippen molar-refractivity contribution in [3.8, 4) is 11.5 Å². The Bertz CT molecular complexity index is 682. The van der Waals surface area contributed by atoms with Crippen molar-refractivity contribution in [1.29, 1.82) is 0 Å². The quantitative estimate of drug-likeness (QED) is 0.620. The van der Waals surface area contributed by atoms with Crippen molar-refractivity contribution in [3.63, 3.8) is 0 Å². The number of aromatic nitrogens is 1. The van der Waals surface area contributed by atoms with Gasteiger partial charge in [0.25, 0.3) is 0 Å². The number of pyridine rings is 1. The summed E-state index contributed by atoms with van der Waals surface area (Å²) in [6.07, 6.45) is 0. The maximum absolute atomic E-state index is 5.85. The fourth-order valence-electron chi connectivity index (χ4n) is 1.77. The summed E-state index contributed by atoms with van der Waals surface area (Å²) in [5.74, 6) is 1.61. The summed E-state index contributed by atoms with van der Waals surface area (Å²) in [4.78, 5) is 4.23. The zero-order valence-corrected chi connectivity index (χ0v) is 10.3. The number of benzene rings is 2. The number of ether oxygens (including phenoxy) is 1. The van der Waals surface area contributed by atoms with Crippen LogP contribution in [-0.4, -0.2) is 4.98 Å². The molecule has 1 aromatic heterocycles. The molecule has 0 unspecified atom stereocenters. The maximum atomic E-state index is 5.85. The Morgan fingerprint density at radius 3 is 2.50 bits per heavy atom. The molecule has 0 saturated heterocycles. The van der Waals surface area contributed by atoms with Gasteiger partial charge in [-0.25, -0.2) is 4.98 Å². The molecule has 0 saturated carbocycles. The zero-order chi connectivity index (χ0) is 12.4. The summed E-state index contributed by atoms with van der Waals surface area (Å²) < 4.78 is 5.76. The van der Waals surface area contributed by atoms with Gasteiger partial charge in [0.05, 0.1) is 5.52 Å². The van der Waals surface area contributed by atoms with Gasteiger partial charge < -0.3 is 4.74 Å². The highest BCUT2D eigenvalue weighted by molar-refractivity contribution is 6.29. The monoisotopic (exact) mass is 255 g/mol. The topological polar surface area (TPSA) is 22.1 Å². The van der Waals surface area contributed by atoms with E-state index in [-0.39, 0.29) is 0 Å². The average Bonchev–Trinajstić information content (AvgIpc) is 2.40. The van der Waals surface area contributed by atoms with E-state index in [1.54, 1.807) is 6.07 Å². The molecule has 0 bridgehead atoms. The van der Waals surface area contributed by atoms with Crippen molar-refractivity contribution in [2.75, 3.05) is 0 Å². The lowest BCUT2D eigenvalue weighted by atomic mass is 10.2. The Balaban J connectivity index is 1.96. The smallest absolute Gasteiger partial charge is 0.129 e. The number of para-hydroxylation sites is 1. The molecule has 2 aromatic carbocycles. The molecule has 0 aliphatic heterocycles. The fraction of sp³-hybridized carbons (Fsp3) is 0. The van der Waals surface area contributed by atoms with Crippen LogP contribution >= 0.6 is 11.6 Å². The molecule has 1 heterocycles. The summed E-state index contributed by atoms with van der Waals surface area (Å²) in [7, 11) is 0. The van der Waals surface area contributed by atoms with E-state index in [0.29, 0.717) is 5.15 Å². The van der Waals surface area contributed by atoms with Crippen LogP contribution in [-0.2, 0) is 0 Å². The molecule has 0 aliphatic rings. The first-order valence-electron chi connectivity index (χ1n) is 5.60. The van der Waals surface area contributed by atoms with Crippen molar-refractivity contribution in [2.45, 2.75) is 0 Å². The van der Waals surface area contributed by atoms with Gasteiger partial charge in [0.15, 0.2) is 0 Å². The number of hydrogen-bond acceptors (Lipinski definition) is 2. The van der Waals surface area contributed by atoms with Crippen LogP contribution in [0.25, 0.3) is 10.9 Å². The van der Waals surface area contributed by atoms with Gasteiger partial charge in [-0.05, 0) is 42.5 Å². The van der Waals surface area contributed by atoms with Gasteiger partial charge in [-0.1, -0.05) is 29.8 Å². The molecular formula is C15H10ClNO. The van der Waals surface area contributed by atoms with E-state index >= 15 is 0 Å². The second kappa shape index (κ2) is 4.67. The summed E-state index contributed by atoms with van der Waals surface area (Å²) in [6.45, 7) is 0. The van der Waals surface area contributed by atoms with E-state index in [1.165, 1.54) is 0 Å². The molecule has 88 valence electrons. The number of nitrogens with zero attached hydrogens (tertiary/aromatic N) is 1. The third-order valence-corrected chi connectivity index (χ3v) is 2.82. The first-order valence-corrected chi connectivity index (χ1v) is 5.98. The highest BCUT2D eigenvalue weighted by Gasteiger charge is 2.00. The van der Waals surface area contributed by atoms with Gasteiger partial charge in [0.2, 0.25) is 0 Å². The molecule has 0 amide bonds. The molecule has 2 nitrogen and oxygen atoms in total. The number of hydrogen-bond donors (Lipinski definition) is 0. The molecule has 3 heteroatoms. The van der Waals surface area contributed by atoms with Gasteiger partial charge in [0, 0.05) is 5.39 Å². The first kappa shape index (κ1) is 11.1. The predicted molar refractivity (Wildman–Crippen MR) is 73.3 cm³/mol. The summed E-state index contributed by atoms with van der Waals surface area (Å²) in [6, 6.07) is 19.1. The highest BCUT2D eigenvalue weighted by Crippen LogP contribution is 2.25. The maximum Gasteiger partial charge on any atom is 0.129 e. The second-order valence-electron chi connectivity index (χ2n) is 3.90. The number of fused-ring (bicyclic) bond motifs is 1. The molecule has 0 aliphatic carbocycles. The Kier molecular flexibility index (Phi) is 2.87. The predicted octanol–water partition coefficient (Wildman–Crippen LogP) is 4.68. The lowest BCUT2D eigenvalue weighted by Gasteiger charge is -2.06. The van der Waals surface area contributed by atoms with Crippen LogP contribution in [0, 0.1) is 0 Å². The van der Waals surface area contributed by atoms with Gasteiger partial charge in [0.1, 0.15) is 16.7 Å². The van der Waals surface area contributed by atoms with Crippen LogP contribution in [0.5, 0.6) is 11.5 Å². The first-order chi connectivity index (χ1) is 8.81. The van der Waals surface area contributed by atoms with Gasteiger partial charge in [-0.15, -0.1) is 0 Å². The Morgan fingerprint density at radius 1 is 0.833 bits per heavy atom. The van der Waals surface area contributed by atoms with Crippen LogP contribution < -0.4 is 4.74 Å². The van der Waals surface area contributed by atoms with Gasteiger partial charge in [-0.2, -0.15) is 0 Å². The van der Waals surface area contributed by atoms with E-state index in [0.717, 1.165) is 22.4 Å². The Labute approximate surface area is 110 Å². The average molecular weight is 256 g/mol. The second-order valence-corrected chi connectivity index (χ2v) is 4.29. The van der Waals surface area contributed by atoms with E-state index < -0.39 is 0 Å². The molecule has 0 fully saturated rings. The third kappa shape index (κ3) is 2.29. The van der Waals surface area contributed by atoms with E-state index in [9.17, 15) is 0 Å². The van der Waals surface area contributed by atoms with Crippen molar-refractivity contribution in [3.05, 3.63) is 65.8 Å². The standard InChI is InChI=1S/C15H10ClNO/c16-15-9-6-11-10-13(7-8-14(11)17-15)18-12-4-2-1-3-5-12/h1-10H. The molecule has 18 heavy (non-hydrogen) atoms. The van der Waals surface area contributed by atoms with Gasteiger partial charge in [-0.3, -0.25) is 0 Å². The Hall–Kier alpha value is -2.06. The molecule has 3 rings (SSSR count). The number of halogens is 1. The zero-order valence-electron chi connectivity index (χ0n) is 9.51. The van der Waals surface area contributed by atoms with Gasteiger partial charge >= 0.3 is 0 Å². The Morgan fingerprint density at radius 2 is 1.67 bits per heavy atom. The minimum atomic E-state index is 0.499. The van der Waals surface area contributed by atoms with Crippen molar-refractivity contribution in [1.82, 2.24) is 4.98 Å². The largest absolute Gasteiger partial charge is 0.457 e. The summed E-state index contributed by atoms with van der Waals surface area (Å²) >= 11 is 5.85. The summed E-state index contributed by atoms with van der Waals surface area (Å²) in [5.41, 5.74) is 0.864. The third-order valence-electron chi connectivity index (χ3n) is 2.61. The lowest BCUT2D eigenvalue weighted by molar-refractivity contribution is 0.483. The highest BCUT2D eigenvalue weighted by atomic mass is 35.5. The molecule has 3 aromatic rings. The normalized spacial score (nSPS) is 10.5. The molecule has 0 spiro atoms. The van der Waals surface area contributed by atoms with E-state index in [1.807, 2.05) is 54.6 Å². The minimum Gasteiger partial charge on any atom is -0.457 e. The lowest BCUT2D eigenvalue weighted by Crippen LogP contribution is -1.85. The van der Waals surface area contributed by atoms with Crippen LogP contribution in [0.15, 0.2) is 60.7 Å². The van der Waals surface area contributed by atoms with E-state index in [4.69, 9.17) is 16.3 Å². The molecule has 0 atom stereocenters. The van der Waals surface area contributed by atoms with Crippen molar-refractivity contribution in [2.24, 2.45) is 0 Å². The molecular weight excluding hydrogens is 246 g/mol. The SMILES string of the molecule is Clc1ccc2cc(Oc3ccccc3)ccc2n1. The van der Waals surface area contributed by atoms with Crippen LogP contribution in [0.3, 0.4) is 0 Å². The number of rotatable bonds is 2. The van der Waals surface area contributed by atoms with E-state index in [2.05, 4.69) is 4.98 Å². The van der Waals surface area contributed by atoms with Crippen LogP contribution in [0.2, 0.25) is 5.15 Å². The molecule has 0 N–H and O–H groups in total. The van der Waals surface area contributed by atoms with Crippen LogP contribution in [0.4, 0.5) is 0 Å². The van der Waals surface area contributed by atoms with Crippen molar-refractivity contribution >= 4 is 22.5 Å². The molecule has 0 radical (unpaired) electrons. The minimum absolute atomic E-state index is 0.499. The van der Waals surface area contributed by atoms with Crippen molar-refractivity contribution < 1.29 is 4.74 Å².